The molecule has 2 heterocycles. The van der Waals surface area contributed by atoms with Gasteiger partial charge in [-0.25, -0.2) is 9.97 Å². The number of benzene rings is 1. The van der Waals surface area contributed by atoms with Gasteiger partial charge in [0.1, 0.15) is 5.65 Å². The van der Waals surface area contributed by atoms with E-state index in [4.69, 9.17) is 4.98 Å². The van der Waals surface area contributed by atoms with Crippen molar-refractivity contribution in [3.05, 3.63) is 46.2 Å². The molecule has 0 aliphatic heterocycles. The molecule has 3 nitrogen and oxygen atoms in total. The topological polar surface area (TPSA) is 41.6 Å². The highest BCUT2D eigenvalue weighted by molar-refractivity contribution is 9.10. The summed E-state index contributed by atoms with van der Waals surface area (Å²) in [5.74, 6) is 0.789. The zero-order chi connectivity index (χ0) is 13.4. The zero-order valence-electron chi connectivity index (χ0n) is 10.9. The lowest BCUT2D eigenvalue weighted by Gasteiger charge is -2.07. The molecule has 0 unspecified atom stereocenters. The molecule has 3 aromatic rings. The highest BCUT2D eigenvalue weighted by atomic mass is 79.9. The third-order valence-corrected chi connectivity index (χ3v) is 3.90. The Morgan fingerprint density at radius 2 is 2.00 bits per heavy atom. The van der Waals surface area contributed by atoms with Gasteiger partial charge in [-0.15, -0.1) is 0 Å². The van der Waals surface area contributed by atoms with Crippen molar-refractivity contribution in [3.8, 4) is 11.4 Å². The van der Waals surface area contributed by atoms with Crippen molar-refractivity contribution in [2.45, 2.75) is 20.3 Å². The summed E-state index contributed by atoms with van der Waals surface area (Å²) in [6, 6.07) is 8.20. The lowest BCUT2D eigenvalue weighted by atomic mass is 10.1. The van der Waals surface area contributed by atoms with E-state index in [0.717, 1.165) is 39.0 Å². The second kappa shape index (κ2) is 4.78. The van der Waals surface area contributed by atoms with Crippen molar-refractivity contribution in [3.63, 3.8) is 0 Å². The Bertz CT molecular complexity index is 746. The summed E-state index contributed by atoms with van der Waals surface area (Å²) in [6.07, 6.45) is 2.80. The van der Waals surface area contributed by atoms with Crippen LogP contribution in [0.1, 0.15) is 18.2 Å². The van der Waals surface area contributed by atoms with E-state index in [-0.39, 0.29) is 0 Å². The van der Waals surface area contributed by atoms with E-state index >= 15 is 0 Å². The van der Waals surface area contributed by atoms with Gasteiger partial charge in [0, 0.05) is 16.2 Å². The second-order valence-corrected chi connectivity index (χ2v) is 5.38. The minimum Gasteiger partial charge on any atom is -0.345 e. The number of hydrogen-bond acceptors (Lipinski definition) is 2. The molecule has 4 heteroatoms. The smallest absolute Gasteiger partial charge is 0.162 e. The Hall–Kier alpha value is -1.68. The lowest BCUT2D eigenvalue weighted by Crippen LogP contribution is -1.97. The summed E-state index contributed by atoms with van der Waals surface area (Å²) < 4.78 is 1.02. The fraction of sp³-hybridized carbons (Fsp3) is 0.200. The Morgan fingerprint density at radius 1 is 1.21 bits per heavy atom. The Kier molecular flexibility index (Phi) is 3.11. The van der Waals surface area contributed by atoms with E-state index in [0.29, 0.717) is 0 Å². The molecule has 0 amide bonds. The van der Waals surface area contributed by atoms with Gasteiger partial charge in [-0.05, 0) is 34.8 Å². The minimum atomic E-state index is 0.789. The van der Waals surface area contributed by atoms with Crippen LogP contribution in [0.5, 0.6) is 0 Å². The molecule has 0 fully saturated rings. The molecule has 96 valence electrons. The van der Waals surface area contributed by atoms with Crippen LogP contribution in [0.3, 0.4) is 0 Å². The molecule has 0 atom stereocenters. The highest BCUT2D eigenvalue weighted by Crippen LogP contribution is 2.28. The molecule has 3 rings (SSSR count). The van der Waals surface area contributed by atoms with Crippen molar-refractivity contribution in [2.75, 3.05) is 0 Å². The van der Waals surface area contributed by atoms with Gasteiger partial charge < -0.3 is 4.98 Å². The zero-order valence-corrected chi connectivity index (χ0v) is 12.5. The minimum absolute atomic E-state index is 0.789. The predicted molar refractivity (Wildman–Crippen MR) is 81.1 cm³/mol. The number of aromatic nitrogens is 3. The predicted octanol–water partition coefficient (Wildman–Crippen LogP) is 4.26. The van der Waals surface area contributed by atoms with Gasteiger partial charge in [0.2, 0.25) is 0 Å². The fourth-order valence-corrected chi connectivity index (χ4v) is 2.80. The van der Waals surface area contributed by atoms with Gasteiger partial charge in [-0.3, -0.25) is 0 Å². The number of aromatic amines is 1. The number of hydrogen-bond donors (Lipinski definition) is 1. The van der Waals surface area contributed by atoms with Crippen LogP contribution in [-0.2, 0) is 6.42 Å². The number of halogens is 1. The van der Waals surface area contributed by atoms with Crippen LogP contribution in [-0.4, -0.2) is 15.0 Å². The first-order chi connectivity index (χ1) is 9.20. The summed E-state index contributed by atoms with van der Waals surface area (Å²) >= 11 is 3.54. The van der Waals surface area contributed by atoms with Crippen molar-refractivity contribution >= 4 is 27.0 Å². The maximum absolute atomic E-state index is 4.72. The molecule has 0 aliphatic carbocycles. The number of nitrogens with one attached hydrogen (secondary N) is 1. The van der Waals surface area contributed by atoms with E-state index in [9.17, 15) is 0 Å². The molecule has 0 saturated heterocycles. The van der Waals surface area contributed by atoms with Crippen LogP contribution < -0.4 is 0 Å². The van der Waals surface area contributed by atoms with Crippen LogP contribution in [0.25, 0.3) is 22.4 Å². The first-order valence-corrected chi connectivity index (χ1v) is 7.09. The van der Waals surface area contributed by atoms with Crippen LogP contribution in [0.15, 0.2) is 34.9 Å². The molecule has 0 saturated carbocycles. The molecule has 0 aliphatic rings. The summed E-state index contributed by atoms with van der Waals surface area (Å²) in [7, 11) is 0. The van der Waals surface area contributed by atoms with Crippen LogP contribution in [0, 0.1) is 6.92 Å². The van der Waals surface area contributed by atoms with Crippen molar-refractivity contribution in [1.29, 1.82) is 0 Å². The largest absolute Gasteiger partial charge is 0.345 e. The molecule has 0 bridgehead atoms. The van der Waals surface area contributed by atoms with Crippen molar-refractivity contribution in [2.24, 2.45) is 0 Å². The second-order valence-electron chi connectivity index (χ2n) is 4.52. The van der Waals surface area contributed by atoms with E-state index in [2.05, 4.69) is 51.9 Å². The standard InChI is InChI=1S/C15H14BrN3/c1-3-12-13-11(16)8-17-15(13)19-14(18-12)10-7-5-4-6-9(10)2/h4-8H,3H2,1-2H3,(H,17,18,19). The number of fused-ring (bicyclic) bond motifs is 1. The molecule has 0 radical (unpaired) electrons. The average molecular weight is 316 g/mol. The van der Waals surface area contributed by atoms with Gasteiger partial charge >= 0.3 is 0 Å². The monoisotopic (exact) mass is 315 g/mol. The van der Waals surface area contributed by atoms with E-state index in [1.807, 2.05) is 18.3 Å². The number of rotatable bonds is 2. The quantitative estimate of drug-likeness (QED) is 0.767. The lowest BCUT2D eigenvalue weighted by molar-refractivity contribution is 1.03. The highest BCUT2D eigenvalue weighted by Gasteiger charge is 2.13. The summed E-state index contributed by atoms with van der Waals surface area (Å²) in [6.45, 7) is 4.20. The van der Waals surface area contributed by atoms with Gasteiger partial charge in [0.25, 0.3) is 0 Å². The summed E-state index contributed by atoms with van der Waals surface area (Å²) in [4.78, 5) is 12.6. The third-order valence-electron chi connectivity index (χ3n) is 3.28. The molecule has 1 aromatic carbocycles. The van der Waals surface area contributed by atoms with Crippen molar-refractivity contribution in [1.82, 2.24) is 15.0 Å². The molecule has 19 heavy (non-hydrogen) atoms. The molecular weight excluding hydrogens is 302 g/mol. The SMILES string of the molecule is CCc1nc(-c2ccccc2C)nc2[nH]cc(Br)c12. The van der Waals surface area contributed by atoms with Crippen LogP contribution >= 0.6 is 15.9 Å². The maximum Gasteiger partial charge on any atom is 0.162 e. The van der Waals surface area contributed by atoms with E-state index < -0.39 is 0 Å². The van der Waals surface area contributed by atoms with Gasteiger partial charge in [0.15, 0.2) is 5.82 Å². The Labute approximate surface area is 120 Å². The normalized spacial score (nSPS) is 11.1. The molecular formula is C15H14BrN3. The number of H-pyrrole nitrogens is 1. The molecule has 0 spiro atoms. The maximum atomic E-state index is 4.72. The third kappa shape index (κ3) is 2.06. The van der Waals surface area contributed by atoms with Gasteiger partial charge in [-0.2, -0.15) is 0 Å². The molecule has 2 aromatic heterocycles. The van der Waals surface area contributed by atoms with Gasteiger partial charge in [-0.1, -0.05) is 31.2 Å². The van der Waals surface area contributed by atoms with E-state index in [1.54, 1.807) is 0 Å². The van der Waals surface area contributed by atoms with Gasteiger partial charge in [0.05, 0.1) is 11.1 Å². The first kappa shape index (κ1) is 12.4. The van der Waals surface area contributed by atoms with Crippen LogP contribution in [0.2, 0.25) is 0 Å². The summed E-state index contributed by atoms with van der Waals surface area (Å²) in [5, 5.41) is 1.08. The van der Waals surface area contributed by atoms with E-state index in [1.165, 1.54) is 5.56 Å². The summed E-state index contributed by atoms with van der Waals surface area (Å²) in [5.41, 5.74) is 4.23. The number of aryl methyl sites for hydroxylation is 2. The average Bonchev–Trinajstić information content (AvgIpc) is 2.80. The fourth-order valence-electron chi connectivity index (χ4n) is 2.27. The van der Waals surface area contributed by atoms with Crippen LogP contribution in [0.4, 0.5) is 0 Å². The Morgan fingerprint density at radius 3 is 2.74 bits per heavy atom. The number of nitrogens with zero attached hydrogens (tertiary/aromatic N) is 2. The van der Waals surface area contributed by atoms with Crippen molar-refractivity contribution < 1.29 is 0 Å². The Balaban J connectivity index is 2.29. The molecule has 1 N–H and O–H groups in total. The first-order valence-electron chi connectivity index (χ1n) is 6.30.